The van der Waals surface area contributed by atoms with E-state index in [1.807, 2.05) is 0 Å². The van der Waals surface area contributed by atoms with Crippen LogP contribution in [0.15, 0.2) is 24.3 Å². The normalized spacial score (nSPS) is 24.8. The largest absolute Gasteiger partial charge is 0.314 e. The Morgan fingerprint density at radius 2 is 2.06 bits per heavy atom. The molecule has 0 spiro atoms. The molecule has 0 bridgehead atoms. The summed E-state index contributed by atoms with van der Waals surface area (Å²) < 4.78 is 0. The summed E-state index contributed by atoms with van der Waals surface area (Å²) >= 11 is 0. The average Bonchev–Trinajstić information content (AvgIpc) is 2.46. The average molecular weight is 244 g/mol. The van der Waals surface area contributed by atoms with E-state index in [1.165, 1.54) is 51.7 Å². The van der Waals surface area contributed by atoms with Crippen molar-refractivity contribution in [2.75, 3.05) is 19.6 Å². The molecule has 2 heterocycles. The van der Waals surface area contributed by atoms with Crippen LogP contribution in [0.1, 0.15) is 36.8 Å². The number of piperidine rings is 1. The molecular weight excluding hydrogens is 220 g/mol. The number of nitrogens with one attached hydrogen (secondary N) is 1. The maximum Gasteiger partial charge on any atom is 0.0236 e. The monoisotopic (exact) mass is 244 g/mol. The molecule has 1 N–H and O–H groups in total. The van der Waals surface area contributed by atoms with Crippen molar-refractivity contribution in [3.8, 4) is 0 Å². The van der Waals surface area contributed by atoms with E-state index in [-0.39, 0.29) is 0 Å². The van der Waals surface area contributed by atoms with Gasteiger partial charge in [0.15, 0.2) is 0 Å². The Hall–Kier alpha value is -0.860. The summed E-state index contributed by atoms with van der Waals surface area (Å²) in [6, 6.07) is 9.69. The Bertz CT molecular complexity index is 382. The van der Waals surface area contributed by atoms with Crippen LogP contribution >= 0.6 is 0 Å². The Morgan fingerprint density at radius 3 is 2.89 bits per heavy atom. The highest BCUT2D eigenvalue weighted by atomic mass is 15.1. The van der Waals surface area contributed by atoms with Gasteiger partial charge in [-0.1, -0.05) is 30.7 Å². The van der Waals surface area contributed by atoms with Gasteiger partial charge in [0.25, 0.3) is 0 Å². The molecule has 0 aliphatic carbocycles. The molecule has 2 heteroatoms. The van der Waals surface area contributed by atoms with Crippen molar-refractivity contribution < 1.29 is 0 Å². The zero-order chi connectivity index (χ0) is 12.2. The van der Waals surface area contributed by atoms with E-state index >= 15 is 0 Å². The second kappa shape index (κ2) is 5.85. The van der Waals surface area contributed by atoms with Crippen molar-refractivity contribution in [2.24, 2.45) is 0 Å². The van der Waals surface area contributed by atoms with E-state index in [0.29, 0.717) is 0 Å². The van der Waals surface area contributed by atoms with Crippen LogP contribution in [-0.2, 0) is 13.0 Å². The molecule has 0 radical (unpaired) electrons. The van der Waals surface area contributed by atoms with Gasteiger partial charge < -0.3 is 5.32 Å². The molecule has 3 rings (SSSR count). The van der Waals surface area contributed by atoms with Crippen LogP contribution in [0.25, 0.3) is 0 Å². The molecule has 1 fully saturated rings. The maximum atomic E-state index is 3.65. The Balaban J connectivity index is 1.50. The third-order valence-corrected chi connectivity index (χ3v) is 4.42. The quantitative estimate of drug-likeness (QED) is 0.879. The smallest absolute Gasteiger partial charge is 0.0236 e. The van der Waals surface area contributed by atoms with Gasteiger partial charge in [0.2, 0.25) is 0 Å². The summed E-state index contributed by atoms with van der Waals surface area (Å²) in [6.45, 7) is 4.88. The molecule has 98 valence electrons. The first-order chi connectivity index (χ1) is 8.92. The second-order valence-electron chi connectivity index (χ2n) is 5.73. The number of benzene rings is 1. The molecule has 1 atom stereocenters. The lowest BCUT2D eigenvalue weighted by Gasteiger charge is -2.31. The fourth-order valence-electron chi connectivity index (χ4n) is 3.25. The zero-order valence-corrected chi connectivity index (χ0v) is 11.2. The molecule has 2 aliphatic heterocycles. The maximum absolute atomic E-state index is 3.65. The molecule has 0 saturated carbocycles. The molecule has 2 nitrogen and oxygen atoms in total. The van der Waals surface area contributed by atoms with Crippen LogP contribution in [0.4, 0.5) is 0 Å². The van der Waals surface area contributed by atoms with Crippen molar-refractivity contribution in [1.82, 2.24) is 10.2 Å². The summed E-state index contributed by atoms with van der Waals surface area (Å²) in [7, 11) is 0. The van der Waals surface area contributed by atoms with Gasteiger partial charge in [0, 0.05) is 19.1 Å². The van der Waals surface area contributed by atoms with E-state index in [9.17, 15) is 0 Å². The van der Waals surface area contributed by atoms with Gasteiger partial charge in [-0.25, -0.2) is 0 Å². The van der Waals surface area contributed by atoms with E-state index in [1.54, 1.807) is 11.1 Å². The summed E-state index contributed by atoms with van der Waals surface area (Å²) in [5.74, 6) is 0. The lowest BCUT2D eigenvalue weighted by Crippen LogP contribution is -2.38. The van der Waals surface area contributed by atoms with E-state index in [0.717, 1.165) is 12.6 Å². The zero-order valence-electron chi connectivity index (χ0n) is 11.2. The second-order valence-corrected chi connectivity index (χ2v) is 5.73. The highest BCUT2D eigenvalue weighted by Crippen LogP contribution is 2.19. The molecule has 0 aromatic heterocycles. The molecule has 2 aliphatic rings. The van der Waals surface area contributed by atoms with E-state index < -0.39 is 0 Å². The van der Waals surface area contributed by atoms with Crippen LogP contribution in [0, 0.1) is 0 Å². The fourth-order valence-corrected chi connectivity index (χ4v) is 3.25. The molecule has 1 unspecified atom stereocenters. The number of hydrogen-bond donors (Lipinski definition) is 1. The number of rotatable bonds is 3. The number of nitrogens with zero attached hydrogens (tertiary/aromatic N) is 1. The molecule has 18 heavy (non-hydrogen) atoms. The summed E-state index contributed by atoms with van der Waals surface area (Å²) in [5.41, 5.74) is 3.10. The van der Waals surface area contributed by atoms with Crippen molar-refractivity contribution >= 4 is 0 Å². The van der Waals surface area contributed by atoms with Crippen LogP contribution in [0.3, 0.4) is 0 Å². The molecular formula is C16H24N2. The summed E-state index contributed by atoms with van der Waals surface area (Å²) in [6.07, 6.45) is 6.72. The van der Waals surface area contributed by atoms with Crippen molar-refractivity contribution in [3.05, 3.63) is 35.4 Å². The van der Waals surface area contributed by atoms with Gasteiger partial charge in [-0.2, -0.15) is 0 Å². The van der Waals surface area contributed by atoms with Crippen molar-refractivity contribution in [3.63, 3.8) is 0 Å². The third-order valence-electron chi connectivity index (χ3n) is 4.42. The van der Waals surface area contributed by atoms with Gasteiger partial charge in [-0.05, 0) is 49.9 Å². The van der Waals surface area contributed by atoms with Gasteiger partial charge in [-0.15, -0.1) is 0 Å². The molecule has 1 saturated heterocycles. The minimum absolute atomic E-state index is 0.774. The van der Waals surface area contributed by atoms with Crippen molar-refractivity contribution in [2.45, 2.75) is 44.7 Å². The molecule has 1 aromatic carbocycles. The molecule has 0 amide bonds. The van der Waals surface area contributed by atoms with Crippen molar-refractivity contribution in [1.29, 1.82) is 0 Å². The van der Waals surface area contributed by atoms with Gasteiger partial charge >= 0.3 is 0 Å². The highest BCUT2D eigenvalue weighted by molar-refractivity contribution is 5.28. The molecule has 1 aromatic rings. The Kier molecular flexibility index (Phi) is 3.96. The van der Waals surface area contributed by atoms with Crippen LogP contribution in [0.2, 0.25) is 0 Å². The predicted molar refractivity (Wildman–Crippen MR) is 75.7 cm³/mol. The van der Waals surface area contributed by atoms with Crippen LogP contribution < -0.4 is 5.32 Å². The summed E-state index contributed by atoms with van der Waals surface area (Å²) in [5, 5.41) is 3.65. The fraction of sp³-hybridized carbons (Fsp3) is 0.625. The van der Waals surface area contributed by atoms with Crippen LogP contribution in [-0.4, -0.2) is 30.6 Å². The SMILES string of the molecule is c1ccc2c(c1)CCN(CCC1CCCCN1)C2. The topological polar surface area (TPSA) is 15.3 Å². The van der Waals surface area contributed by atoms with E-state index in [4.69, 9.17) is 0 Å². The first-order valence-electron chi connectivity index (χ1n) is 7.44. The van der Waals surface area contributed by atoms with Gasteiger partial charge in [0.05, 0.1) is 0 Å². The Morgan fingerprint density at radius 1 is 1.17 bits per heavy atom. The minimum Gasteiger partial charge on any atom is -0.314 e. The minimum atomic E-state index is 0.774. The lowest BCUT2D eigenvalue weighted by molar-refractivity contribution is 0.230. The summed E-state index contributed by atoms with van der Waals surface area (Å²) in [4.78, 5) is 2.62. The predicted octanol–water partition coefficient (Wildman–Crippen LogP) is 2.58. The van der Waals surface area contributed by atoms with Gasteiger partial charge in [-0.3, -0.25) is 4.90 Å². The first-order valence-corrected chi connectivity index (χ1v) is 7.44. The number of fused-ring (bicyclic) bond motifs is 1. The highest BCUT2D eigenvalue weighted by Gasteiger charge is 2.18. The van der Waals surface area contributed by atoms with Crippen LogP contribution in [0.5, 0.6) is 0 Å². The lowest BCUT2D eigenvalue weighted by atomic mass is 9.98. The first kappa shape index (κ1) is 12.2. The van der Waals surface area contributed by atoms with E-state index in [2.05, 4.69) is 34.5 Å². The number of hydrogen-bond acceptors (Lipinski definition) is 2. The standard InChI is InChI=1S/C16H24N2/c1-2-6-15-13-18(11-8-14(15)5-1)12-9-16-7-3-4-10-17-16/h1-2,5-6,16-17H,3-4,7-13H2. The third kappa shape index (κ3) is 2.93. The Labute approximate surface area is 110 Å². The van der Waals surface area contributed by atoms with Gasteiger partial charge in [0.1, 0.15) is 0 Å².